The van der Waals surface area contributed by atoms with Crippen LogP contribution in [0.25, 0.3) is 0 Å². The quantitative estimate of drug-likeness (QED) is 0.604. The number of benzene rings is 1. The zero-order chi connectivity index (χ0) is 13.0. The molecule has 0 radical (unpaired) electrons. The minimum Gasteiger partial charge on any atom is -0.288 e. The topological polar surface area (TPSA) is 103 Å². The molecule has 0 aliphatic carbocycles. The largest absolute Gasteiger partial charge is 0.288 e. The first-order valence-corrected chi connectivity index (χ1v) is 5.45. The summed E-state index contributed by atoms with van der Waals surface area (Å²) in [5.74, 6) is 0.178. The van der Waals surface area contributed by atoms with Crippen molar-refractivity contribution in [2.45, 2.75) is 12.7 Å². The first-order chi connectivity index (χ1) is 7.90. The molecule has 0 amide bonds. The van der Waals surface area contributed by atoms with Gasteiger partial charge in [-0.3, -0.25) is 25.0 Å². The summed E-state index contributed by atoms with van der Waals surface area (Å²) in [5, 5.41) is 21.0. The Hall–Kier alpha value is -1.96. The third-order valence-corrected chi connectivity index (χ3v) is 2.71. The monoisotopic (exact) mass is 256 g/mol. The van der Waals surface area contributed by atoms with Crippen molar-refractivity contribution in [2.24, 2.45) is 0 Å². The van der Waals surface area contributed by atoms with E-state index in [4.69, 9.17) is 0 Å². The average molecular weight is 256 g/mol. The first kappa shape index (κ1) is 13.1. The Morgan fingerprint density at radius 1 is 1.18 bits per heavy atom. The van der Waals surface area contributed by atoms with Crippen LogP contribution in [0.4, 0.5) is 11.4 Å². The van der Waals surface area contributed by atoms with Crippen LogP contribution >= 0.6 is 11.8 Å². The van der Waals surface area contributed by atoms with Gasteiger partial charge in [-0.2, -0.15) is 0 Å². The zero-order valence-electron chi connectivity index (χ0n) is 8.78. The van der Waals surface area contributed by atoms with Crippen LogP contribution in [0.5, 0.6) is 0 Å². The van der Waals surface area contributed by atoms with Crippen LogP contribution in [-0.4, -0.2) is 15.0 Å². The van der Waals surface area contributed by atoms with E-state index in [0.717, 1.165) is 17.8 Å². The minimum atomic E-state index is -0.699. The van der Waals surface area contributed by atoms with E-state index in [1.165, 1.54) is 19.1 Å². The van der Waals surface area contributed by atoms with Gasteiger partial charge in [0.15, 0.2) is 5.12 Å². The number of nitro benzene ring substituents is 2. The number of thioether (sulfide) groups is 1. The van der Waals surface area contributed by atoms with E-state index in [1.54, 1.807) is 0 Å². The van der Waals surface area contributed by atoms with Gasteiger partial charge in [0.25, 0.3) is 11.4 Å². The molecule has 8 heteroatoms. The molecule has 0 saturated heterocycles. The van der Waals surface area contributed by atoms with Gasteiger partial charge in [-0.15, -0.1) is 0 Å². The molecule has 17 heavy (non-hydrogen) atoms. The van der Waals surface area contributed by atoms with Crippen molar-refractivity contribution in [1.29, 1.82) is 0 Å². The van der Waals surface area contributed by atoms with Crippen molar-refractivity contribution in [2.75, 3.05) is 0 Å². The van der Waals surface area contributed by atoms with E-state index in [1.807, 2.05) is 0 Å². The predicted molar refractivity (Wildman–Crippen MR) is 61.7 cm³/mol. The van der Waals surface area contributed by atoms with Gasteiger partial charge in [0.05, 0.1) is 15.9 Å². The molecule has 90 valence electrons. The summed E-state index contributed by atoms with van der Waals surface area (Å²) in [7, 11) is 0. The number of nitro groups is 2. The lowest BCUT2D eigenvalue weighted by atomic mass is 10.2. The second kappa shape index (κ2) is 5.39. The maximum Gasteiger partial charge on any atom is 0.276 e. The molecule has 0 N–H and O–H groups in total. The number of rotatable bonds is 4. The molecule has 0 spiro atoms. The van der Waals surface area contributed by atoms with Crippen LogP contribution in [-0.2, 0) is 10.5 Å². The lowest BCUT2D eigenvalue weighted by molar-refractivity contribution is -0.394. The molecule has 0 bridgehead atoms. The van der Waals surface area contributed by atoms with Gasteiger partial charge >= 0.3 is 0 Å². The summed E-state index contributed by atoms with van der Waals surface area (Å²) >= 11 is 0.941. The van der Waals surface area contributed by atoms with Crippen LogP contribution in [0, 0.1) is 20.2 Å². The lowest BCUT2D eigenvalue weighted by Gasteiger charge is -2.00. The Kier molecular flexibility index (Phi) is 4.16. The van der Waals surface area contributed by atoms with Gasteiger partial charge < -0.3 is 0 Å². The molecule has 1 aromatic carbocycles. The van der Waals surface area contributed by atoms with E-state index < -0.39 is 9.85 Å². The predicted octanol–water partition coefficient (Wildman–Crippen LogP) is 2.28. The Bertz CT molecular complexity index is 456. The molecule has 0 aromatic heterocycles. The van der Waals surface area contributed by atoms with E-state index in [-0.39, 0.29) is 22.2 Å². The maximum absolute atomic E-state index is 10.7. The highest BCUT2D eigenvalue weighted by atomic mass is 32.2. The standard InChI is InChI=1S/C9H8N2O5S/c1-6(12)17-5-7-2-8(10(13)14)4-9(3-7)11(15)16/h2-4H,5H2,1H3. The summed E-state index contributed by atoms with van der Waals surface area (Å²) in [5.41, 5.74) is -0.317. The fourth-order valence-electron chi connectivity index (χ4n) is 1.14. The van der Waals surface area contributed by atoms with Gasteiger partial charge in [0.2, 0.25) is 0 Å². The Balaban J connectivity index is 3.08. The van der Waals surface area contributed by atoms with Crippen molar-refractivity contribution >= 4 is 28.3 Å². The second-order valence-electron chi connectivity index (χ2n) is 3.15. The molecule has 0 unspecified atom stereocenters. The van der Waals surface area contributed by atoms with E-state index in [2.05, 4.69) is 0 Å². The SMILES string of the molecule is CC(=O)SCc1cc([N+](=O)[O-])cc([N+](=O)[O-])c1. The molecule has 0 heterocycles. The molecular weight excluding hydrogens is 248 g/mol. The summed E-state index contributed by atoms with van der Waals surface area (Å²) < 4.78 is 0. The molecule has 0 aliphatic heterocycles. The highest BCUT2D eigenvalue weighted by molar-refractivity contribution is 8.12. The number of hydrogen-bond acceptors (Lipinski definition) is 6. The van der Waals surface area contributed by atoms with E-state index in [9.17, 15) is 25.0 Å². The Labute approximate surface area is 100 Å². The van der Waals surface area contributed by atoms with Crippen LogP contribution < -0.4 is 0 Å². The zero-order valence-corrected chi connectivity index (χ0v) is 9.60. The fourth-order valence-corrected chi connectivity index (χ4v) is 1.67. The molecule has 1 aromatic rings. The Morgan fingerprint density at radius 2 is 1.65 bits per heavy atom. The number of carbonyl (C=O) groups is 1. The highest BCUT2D eigenvalue weighted by Crippen LogP contribution is 2.25. The highest BCUT2D eigenvalue weighted by Gasteiger charge is 2.16. The van der Waals surface area contributed by atoms with Crippen molar-refractivity contribution in [3.05, 3.63) is 44.0 Å². The van der Waals surface area contributed by atoms with E-state index >= 15 is 0 Å². The minimum absolute atomic E-state index is 0.154. The fraction of sp³-hybridized carbons (Fsp3) is 0.222. The summed E-state index contributed by atoms with van der Waals surface area (Å²) in [6.07, 6.45) is 0. The molecule has 0 saturated carbocycles. The number of carbonyl (C=O) groups excluding carboxylic acids is 1. The second-order valence-corrected chi connectivity index (χ2v) is 4.30. The third-order valence-electron chi connectivity index (χ3n) is 1.83. The molecule has 1 rings (SSSR count). The smallest absolute Gasteiger partial charge is 0.276 e. The molecule has 0 fully saturated rings. The van der Waals surface area contributed by atoms with Crippen molar-refractivity contribution in [3.63, 3.8) is 0 Å². The van der Waals surface area contributed by atoms with E-state index in [0.29, 0.717) is 5.56 Å². The van der Waals surface area contributed by atoms with Gasteiger partial charge in [-0.05, 0) is 5.56 Å². The third kappa shape index (κ3) is 3.83. The van der Waals surface area contributed by atoms with Crippen LogP contribution in [0.2, 0.25) is 0 Å². The summed E-state index contributed by atoms with van der Waals surface area (Å²) in [6, 6.07) is 3.34. The average Bonchev–Trinajstić information content (AvgIpc) is 2.25. The van der Waals surface area contributed by atoms with Crippen LogP contribution in [0.15, 0.2) is 18.2 Å². The molecular formula is C9H8N2O5S. The van der Waals surface area contributed by atoms with Gasteiger partial charge in [0, 0.05) is 24.8 Å². The van der Waals surface area contributed by atoms with Crippen molar-refractivity contribution < 1.29 is 14.6 Å². The van der Waals surface area contributed by atoms with Gasteiger partial charge in [-0.25, -0.2) is 0 Å². The number of nitrogens with zero attached hydrogens (tertiary/aromatic N) is 2. The summed E-state index contributed by atoms with van der Waals surface area (Å²) in [6.45, 7) is 1.36. The van der Waals surface area contributed by atoms with Crippen molar-refractivity contribution in [1.82, 2.24) is 0 Å². The molecule has 7 nitrogen and oxygen atoms in total. The normalized spacial score (nSPS) is 9.94. The number of hydrogen-bond donors (Lipinski definition) is 0. The lowest BCUT2D eigenvalue weighted by Crippen LogP contribution is -1.95. The first-order valence-electron chi connectivity index (χ1n) is 4.46. The van der Waals surface area contributed by atoms with Crippen LogP contribution in [0.1, 0.15) is 12.5 Å². The Morgan fingerprint density at radius 3 is 2.00 bits per heavy atom. The molecule has 0 aliphatic rings. The maximum atomic E-state index is 10.7. The van der Waals surface area contributed by atoms with Gasteiger partial charge in [0.1, 0.15) is 0 Å². The number of non-ortho nitro benzene ring substituents is 2. The summed E-state index contributed by atoms with van der Waals surface area (Å²) in [4.78, 5) is 30.5. The van der Waals surface area contributed by atoms with Crippen molar-refractivity contribution in [3.8, 4) is 0 Å². The van der Waals surface area contributed by atoms with Crippen LogP contribution in [0.3, 0.4) is 0 Å². The molecule has 0 atom stereocenters. The van der Waals surface area contributed by atoms with Gasteiger partial charge in [-0.1, -0.05) is 11.8 Å².